The minimum absolute atomic E-state index is 0.183. The third kappa shape index (κ3) is 5.20. The van der Waals surface area contributed by atoms with Crippen LogP contribution < -0.4 is 14.8 Å². The second-order valence-corrected chi connectivity index (χ2v) is 5.31. The van der Waals surface area contributed by atoms with E-state index >= 15 is 0 Å². The van der Waals surface area contributed by atoms with Gasteiger partial charge in [0.1, 0.15) is 13.7 Å². The van der Waals surface area contributed by atoms with Crippen LogP contribution in [0.25, 0.3) is 0 Å². The van der Waals surface area contributed by atoms with Crippen LogP contribution in [0.1, 0.15) is 24.5 Å². The Morgan fingerprint density at radius 2 is 1.85 bits per heavy atom. The van der Waals surface area contributed by atoms with E-state index in [4.69, 9.17) is 14.3 Å². The predicted molar refractivity (Wildman–Crippen MR) is 98.4 cm³/mol. The fourth-order valence-electron chi connectivity index (χ4n) is 2.21. The Kier molecular flexibility index (Phi) is 7.42. The number of hydrogen-bond acceptors (Lipinski definition) is 6. The number of pyridine rings is 1. The molecule has 1 heterocycles. The van der Waals surface area contributed by atoms with Gasteiger partial charge >= 0.3 is 0 Å². The number of ether oxygens (including phenoxy) is 2. The molecule has 1 amide bonds. The highest BCUT2D eigenvalue weighted by molar-refractivity contribution is 6.45. The number of benzene rings is 1. The number of amides is 1. The van der Waals surface area contributed by atoms with Gasteiger partial charge in [-0.25, -0.2) is 0 Å². The van der Waals surface area contributed by atoms with E-state index in [0.29, 0.717) is 23.9 Å². The van der Waals surface area contributed by atoms with Crippen molar-refractivity contribution in [2.45, 2.75) is 20.0 Å². The smallest absolute Gasteiger partial charge is 0.273 e. The number of carbonyl (C=O) groups is 1. The Balaban J connectivity index is 2.18. The number of oxime groups is 1. The lowest BCUT2D eigenvalue weighted by atomic mass is 10.0. The van der Waals surface area contributed by atoms with Crippen molar-refractivity contribution >= 4 is 11.6 Å². The number of likely N-dealkylation sites (N-methyl/N-ethyl adjacent to an activating group) is 1. The Hall–Kier alpha value is -3.09. The van der Waals surface area contributed by atoms with Crippen molar-refractivity contribution in [3.8, 4) is 11.8 Å². The summed E-state index contributed by atoms with van der Waals surface area (Å²) in [5, 5.41) is 6.40. The molecule has 0 radical (unpaired) electrons. The zero-order chi connectivity index (χ0) is 18.8. The number of hydrogen-bond donors (Lipinski definition) is 1. The summed E-state index contributed by atoms with van der Waals surface area (Å²) in [4.78, 5) is 21.2. The minimum atomic E-state index is -0.340. The molecule has 0 aliphatic carbocycles. The van der Waals surface area contributed by atoms with Crippen LogP contribution >= 0.6 is 0 Å². The zero-order valence-electron chi connectivity index (χ0n) is 15.2. The van der Waals surface area contributed by atoms with E-state index in [1.165, 1.54) is 7.11 Å². The first-order chi connectivity index (χ1) is 12.7. The van der Waals surface area contributed by atoms with E-state index in [1.54, 1.807) is 25.2 Å². The molecule has 0 saturated heterocycles. The highest BCUT2D eigenvalue weighted by Crippen LogP contribution is 2.17. The van der Waals surface area contributed by atoms with E-state index < -0.39 is 0 Å². The number of rotatable bonds is 9. The van der Waals surface area contributed by atoms with Crippen LogP contribution in [0.15, 0.2) is 47.6 Å². The van der Waals surface area contributed by atoms with Crippen molar-refractivity contribution < 1.29 is 19.1 Å². The second kappa shape index (κ2) is 10.0. The highest BCUT2D eigenvalue weighted by Gasteiger charge is 2.17. The van der Waals surface area contributed by atoms with Gasteiger partial charge in [0.25, 0.3) is 5.91 Å². The predicted octanol–water partition coefficient (Wildman–Crippen LogP) is 2.55. The Labute approximate surface area is 153 Å². The average Bonchev–Trinajstić information content (AvgIpc) is 2.69. The van der Waals surface area contributed by atoms with Crippen LogP contribution in [0.5, 0.6) is 11.8 Å². The summed E-state index contributed by atoms with van der Waals surface area (Å²) in [6.07, 6.45) is 0.904. The normalized spacial score (nSPS) is 11.0. The van der Waals surface area contributed by atoms with Gasteiger partial charge in [0.05, 0.1) is 6.61 Å². The largest absolute Gasteiger partial charge is 0.478 e. The van der Waals surface area contributed by atoms with Crippen molar-refractivity contribution in [2.24, 2.45) is 5.16 Å². The SMILES string of the molecule is CCCOc1cccc(OCc2ccccc2C(=NOC)C(=O)NC)n1. The maximum absolute atomic E-state index is 12.1. The van der Waals surface area contributed by atoms with Gasteiger partial charge in [-0.15, -0.1) is 0 Å². The summed E-state index contributed by atoms with van der Waals surface area (Å²) >= 11 is 0. The molecule has 0 aliphatic rings. The Bertz CT molecular complexity index is 762. The van der Waals surface area contributed by atoms with Gasteiger partial charge < -0.3 is 19.6 Å². The number of nitrogens with zero attached hydrogens (tertiary/aromatic N) is 2. The summed E-state index contributed by atoms with van der Waals surface area (Å²) in [6.45, 7) is 2.85. The topological polar surface area (TPSA) is 82.0 Å². The molecule has 138 valence electrons. The Morgan fingerprint density at radius 1 is 1.12 bits per heavy atom. The molecule has 7 heteroatoms. The summed E-state index contributed by atoms with van der Waals surface area (Å²) in [7, 11) is 2.94. The molecule has 1 N–H and O–H groups in total. The van der Waals surface area contributed by atoms with Gasteiger partial charge in [-0.05, 0) is 12.0 Å². The molecule has 1 aromatic carbocycles. The van der Waals surface area contributed by atoms with Gasteiger partial charge in [-0.2, -0.15) is 4.98 Å². The van der Waals surface area contributed by atoms with Crippen LogP contribution in [-0.4, -0.2) is 37.4 Å². The number of carbonyl (C=O) groups excluding carboxylic acids is 1. The molecule has 2 aromatic rings. The molecule has 0 fully saturated rings. The maximum atomic E-state index is 12.1. The molecule has 1 aromatic heterocycles. The lowest BCUT2D eigenvalue weighted by Gasteiger charge is -2.12. The van der Waals surface area contributed by atoms with Gasteiger partial charge in [0.15, 0.2) is 5.71 Å². The first kappa shape index (κ1) is 19.2. The summed E-state index contributed by atoms with van der Waals surface area (Å²) in [5.74, 6) is 0.621. The summed E-state index contributed by atoms with van der Waals surface area (Å²) in [6, 6.07) is 12.7. The van der Waals surface area contributed by atoms with E-state index in [1.807, 2.05) is 31.2 Å². The molecular weight excluding hydrogens is 334 g/mol. The highest BCUT2D eigenvalue weighted by atomic mass is 16.6. The number of aromatic nitrogens is 1. The third-order valence-corrected chi connectivity index (χ3v) is 3.42. The zero-order valence-corrected chi connectivity index (χ0v) is 15.2. The number of nitrogens with one attached hydrogen (secondary N) is 1. The van der Waals surface area contributed by atoms with Crippen LogP contribution in [-0.2, 0) is 16.2 Å². The van der Waals surface area contributed by atoms with Crippen LogP contribution in [0.4, 0.5) is 0 Å². The van der Waals surface area contributed by atoms with E-state index in [0.717, 1.165) is 12.0 Å². The molecule has 0 atom stereocenters. The van der Waals surface area contributed by atoms with Gasteiger partial charge in [0, 0.05) is 24.7 Å². The van der Waals surface area contributed by atoms with E-state index in [9.17, 15) is 4.79 Å². The minimum Gasteiger partial charge on any atom is -0.478 e. The molecule has 0 unspecified atom stereocenters. The molecule has 0 bridgehead atoms. The molecule has 26 heavy (non-hydrogen) atoms. The first-order valence-electron chi connectivity index (χ1n) is 8.33. The van der Waals surface area contributed by atoms with E-state index in [2.05, 4.69) is 15.5 Å². The lowest BCUT2D eigenvalue weighted by Crippen LogP contribution is -2.29. The molecule has 0 spiro atoms. The summed E-state index contributed by atoms with van der Waals surface area (Å²) < 4.78 is 11.3. The standard InChI is InChI=1S/C19H23N3O4/c1-4-12-25-16-10-7-11-17(21-16)26-13-14-8-5-6-9-15(14)18(22-24-3)19(23)20-2/h5-11H,4,12-13H2,1-3H3,(H,20,23). The molecular formula is C19H23N3O4. The van der Waals surface area contributed by atoms with Crippen molar-refractivity contribution in [2.75, 3.05) is 20.8 Å². The average molecular weight is 357 g/mol. The van der Waals surface area contributed by atoms with Crippen molar-refractivity contribution in [3.63, 3.8) is 0 Å². The van der Waals surface area contributed by atoms with Crippen LogP contribution in [0.2, 0.25) is 0 Å². The molecule has 0 saturated carbocycles. The summed E-state index contributed by atoms with van der Waals surface area (Å²) in [5.41, 5.74) is 1.60. The Morgan fingerprint density at radius 3 is 2.54 bits per heavy atom. The molecule has 7 nitrogen and oxygen atoms in total. The van der Waals surface area contributed by atoms with E-state index in [-0.39, 0.29) is 18.2 Å². The van der Waals surface area contributed by atoms with Crippen molar-refractivity contribution in [1.82, 2.24) is 10.3 Å². The second-order valence-electron chi connectivity index (χ2n) is 5.31. The fraction of sp³-hybridized carbons (Fsp3) is 0.316. The lowest BCUT2D eigenvalue weighted by molar-refractivity contribution is -0.114. The van der Waals surface area contributed by atoms with Crippen LogP contribution in [0.3, 0.4) is 0 Å². The van der Waals surface area contributed by atoms with Gasteiger partial charge in [-0.3, -0.25) is 4.79 Å². The van der Waals surface area contributed by atoms with Crippen LogP contribution in [0, 0.1) is 0 Å². The van der Waals surface area contributed by atoms with Crippen molar-refractivity contribution in [1.29, 1.82) is 0 Å². The maximum Gasteiger partial charge on any atom is 0.273 e. The fourth-order valence-corrected chi connectivity index (χ4v) is 2.21. The van der Waals surface area contributed by atoms with Gasteiger partial charge in [0.2, 0.25) is 11.8 Å². The quantitative estimate of drug-likeness (QED) is 0.551. The first-order valence-corrected chi connectivity index (χ1v) is 8.33. The third-order valence-electron chi connectivity index (χ3n) is 3.42. The van der Waals surface area contributed by atoms with Crippen molar-refractivity contribution in [3.05, 3.63) is 53.6 Å². The monoisotopic (exact) mass is 357 g/mol. The molecule has 0 aliphatic heterocycles. The van der Waals surface area contributed by atoms with Gasteiger partial charge in [-0.1, -0.05) is 42.4 Å². The molecule has 2 rings (SSSR count).